The summed E-state index contributed by atoms with van der Waals surface area (Å²) in [6.45, 7) is 5.29. The molecule has 2 rings (SSSR count). The fourth-order valence-corrected chi connectivity index (χ4v) is 2.98. The highest BCUT2D eigenvalue weighted by Gasteiger charge is 2.28. The minimum Gasteiger partial charge on any atom is -0.350 e. The van der Waals surface area contributed by atoms with E-state index in [0.29, 0.717) is 30.6 Å². The molecule has 1 aromatic rings. The van der Waals surface area contributed by atoms with E-state index in [1.165, 1.54) is 25.1 Å². The number of aromatic nitrogens is 1. The fourth-order valence-electron chi connectivity index (χ4n) is 2.43. The Morgan fingerprint density at radius 2 is 2.19 bits per heavy atom. The maximum atomic E-state index is 12.3. The van der Waals surface area contributed by atoms with Crippen LogP contribution in [0, 0.1) is 11.8 Å². The van der Waals surface area contributed by atoms with Crippen molar-refractivity contribution in [1.82, 2.24) is 9.88 Å². The Labute approximate surface area is 125 Å². The van der Waals surface area contributed by atoms with Gasteiger partial charge in [-0.1, -0.05) is 13.8 Å². The van der Waals surface area contributed by atoms with E-state index in [2.05, 4.69) is 12.2 Å². The van der Waals surface area contributed by atoms with Crippen LogP contribution in [0.1, 0.15) is 43.6 Å². The highest BCUT2D eigenvalue weighted by atomic mass is 32.2. The van der Waals surface area contributed by atoms with Crippen molar-refractivity contribution in [3.63, 3.8) is 0 Å². The van der Waals surface area contributed by atoms with E-state index >= 15 is 0 Å². The molecule has 0 aromatic carbocycles. The van der Waals surface area contributed by atoms with Crippen LogP contribution >= 0.6 is 0 Å². The van der Waals surface area contributed by atoms with Gasteiger partial charge in [-0.2, -0.15) is 0 Å². The zero-order valence-electron chi connectivity index (χ0n) is 12.5. The Kier molecular flexibility index (Phi) is 4.73. The van der Waals surface area contributed by atoms with E-state index in [9.17, 15) is 13.2 Å². The first-order valence-corrected chi connectivity index (χ1v) is 8.88. The van der Waals surface area contributed by atoms with E-state index in [-0.39, 0.29) is 10.8 Å². The summed E-state index contributed by atoms with van der Waals surface area (Å²) in [5.74, 6) is 0.930. The van der Waals surface area contributed by atoms with Crippen LogP contribution in [0.25, 0.3) is 0 Å². The number of nitrogens with one attached hydrogen (secondary N) is 1. The first-order valence-electron chi connectivity index (χ1n) is 7.34. The second-order valence-electron chi connectivity index (χ2n) is 5.82. The molecule has 1 unspecified atom stereocenters. The third kappa shape index (κ3) is 4.07. The quantitative estimate of drug-likeness (QED) is 0.795. The molecule has 6 nitrogen and oxygen atoms in total. The molecule has 1 saturated carbocycles. The van der Waals surface area contributed by atoms with Crippen molar-refractivity contribution in [2.45, 2.75) is 44.6 Å². The third-order valence-corrected chi connectivity index (χ3v) is 4.79. The highest BCUT2D eigenvalue weighted by Crippen LogP contribution is 2.36. The summed E-state index contributed by atoms with van der Waals surface area (Å²) in [6, 6.07) is 1.35. The van der Waals surface area contributed by atoms with E-state index in [1.807, 2.05) is 6.92 Å². The largest absolute Gasteiger partial charge is 0.350 e. The molecule has 1 amide bonds. The number of primary sulfonamides is 1. The van der Waals surface area contributed by atoms with Gasteiger partial charge in [0.15, 0.2) is 0 Å². The first kappa shape index (κ1) is 16.0. The maximum absolute atomic E-state index is 12.3. The molecular formula is C14H23N3O3S. The number of nitrogens with zero attached hydrogens (tertiary/aromatic N) is 1. The number of hydrogen-bond donors (Lipinski definition) is 2. The SMILES string of the molecule is CCCn1cc(S(N)(=O)=O)cc1C(=O)NCC(C)C1CC1. The van der Waals surface area contributed by atoms with Gasteiger partial charge in [0, 0.05) is 19.3 Å². The summed E-state index contributed by atoms with van der Waals surface area (Å²) < 4.78 is 24.5. The fraction of sp³-hybridized carbons (Fsp3) is 0.643. The molecule has 1 atom stereocenters. The summed E-state index contributed by atoms with van der Waals surface area (Å²) in [5.41, 5.74) is 0.351. The monoisotopic (exact) mass is 313 g/mol. The van der Waals surface area contributed by atoms with Gasteiger partial charge in [0.2, 0.25) is 10.0 Å². The molecule has 1 aliphatic rings. The summed E-state index contributed by atoms with van der Waals surface area (Å²) >= 11 is 0. The number of carbonyl (C=O) groups is 1. The first-order chi connectivity index (χ1) is 9.82. The van der Waals surface area contributed by atoms with Crippen molar-refractivity contribution in [2.75, 3.05) is 6.54 Å². The van der Waals surface area contributed by atoms with Gasteiger partial charge < -0.3 is 9.88 Å². The molecule has 0 aliphatic heterocycles. The van der Waals surface area contributed by atoms with Gasteiger partial charge >= 0.3 is 0 Å². The Hall–Kier alpha value is -1.34. The standard InChI is InChI=1S/C14H23N3O3S/c1-3-6-17-9-12(21(15,19)20)7-13(17)14(18)16-8-10(2)11-4-5-11/h7,9-11H,3-6,8H2,1-2H3,(H,16,18)(H2,15,19,20). The van der Waals surface area contributed by atoms with Crippen LogP contribution in [0.3, 0.4) is 0 Å². The summed E-state index contributed by atoms with van der Waals surface area (Å²) in [6.07, 6.45) is 4.70. The molecule has 0 spiro atoms. The Morgan fingerprint density at radius 1 is 1.52 bits per heavy atom. The lowest BCUT2D eigenvalue weighted by Crippen LogP contribution is -2.30. The van der Waals surface area contributed by atoms with E-state index in [1.54, 1.807) is 4.57 Å². The Balaban J connectivity index is 2.12. The van der Waals surface area contributed by atoms with E-state index < -0.39 is 10.0 Å². The van der Waals surface area contributed by atoms with Crippen molar-refractivity contribution in [2.24, 2.45) is 17.0 Å². The second-order valence-corrected chi connectivity index (χ2v) is 7.39. The van der Waals surface area contributed by atoms with Crippen molar-refractivity contribution in [1.29, 1.82) is 0 Å². The van der Waals surface area contributed by atoms with E-state index in [4.69, 9.17) is 5.14 Å². The topological polar surface area (TPSA) is 94.2 Å². The van der Waals surface area contributed by atoms with Gasteiger partial charge in [0.05, 0.1) is 0 Å². The Bertz CT molecular complexity index is 617. The molecular weight excluding hydrogens is 290 g/mol. The van der Waals surface area contributed by atoms with Gasteiger partial charge in [-0.15, -0.1) is 0 Å². The molecule has 21 heavy (non-hydrogen) atoms. The lowest BCUT2D eigenvalue weighted by Gasteiger charge is -2.12. The summed E-state index contributed by atoms with van der Waals surface area (Å²) in [5, 5.41) is 8.02. The molecule has 1 heterocycles. The normalized spacial score (nSPS) is 16.7. The molecule has 0 bridgehead atoms. The molecule has 1 aromatic heterocycles. The van der Waals surface area contributed by atoms with Crippen LogP contribution in [0.2, 0.25) is 0 Å². The van der Waals surface area contributed by atoms with Gasteiger partial charge in [-0.25, -0.2) is 13.6 Å². The number of hydrogen-bond acceptors (Lipinski definition) is 3. The van der Waals surface area contributed by atoms with Crippen molar-refractivity contribution in [3.8, 4) is 0 Å². The second kappa shape index (κ2) is 6.19. The van der Waals surface area contributed by atoms with Gasteiger partial charge in [0.1, 0.15) is 10.6 Å². The van der Waals surface area contributed by atoms with Crippen LogP contribution in [0.4, 0.5) is 0 Å². The number of amides is 1. The lowest BCUT2D eigenvalue weighted by molar-refractivity contribution is 0.0937. The predicted octanol–water partition coefficient (Wildman–Crippen LogP) is 1.32. The number of rotatable bonds is 7. The molecule has 1 aliphatic carbocycles. The molecule has 7 heteroatoms. The van der Waals surface area contributed by atoms with Gasteiger partial charge in [-0.3, -0.25) is 4.79 Å². The van der Waals surface area contributed by atoms with E-state index in [0.717, 1.165) is 6.42 Å². The average Bonchev–Trinajstić information content (AvgIpc) is 3.16. The minimum atomic E-state index is -3.79. The van der Waals surface area contributed by atoms with Crippen LogP contribution in [0.15, 0.2) is 17.2 Å². The number of nitrogens with two attached hydrogens (primary N) is 1. The molecule has 0 radical (unpaired) electrons. The summed E-state index contributed by atoms with van der Waals surface area (Å²) in [4.78, 5) is 12.2. The third-order valence-electron chi connectivity index (χ3n) is 3.91. The number of sulfonamides is 1. The maximum Gasteiger partial charge on any atom is 0.267 e. The smallest absolute Gasteiger partial charge is 0.267 e. The van der Waals surface area contributed by atoms with Gasteiger partial charge in [-0.05, 0) is 37.2 Å². The van der Waals surface area contributed by atoms with Crippen LogP contribution in [0.5, 0.6) is 0 Å². The van der Waals surface area contributed by atoms with Crippen molar-refractivity contribution < 1.29 is 13.2 Å². The lowest BCUT2D eigenvalue weighted by atomic mass is 10.1. The molecule has 0 saturated heterocycles. The number of carbonyl (C=O) groups excluding carboxylic acids is 1. The summed E-state index contributed by atoms with van der Waals surface area (Å²) in [7, 11) is -3.79. The van der Waals surface area contributed by atoms with Crippen LogP contribution < -0.4 is 10.5 Å². The Morgan fingerprint density at radius 3 is 2.71 bits per heavy atom. The molecule has 3 N–H and O–H groups in total. The minimum absolute atomic E-state index is 0.0173. The number of aryl methyl sites for hydroxylation is 1. The highest BCUT2D eigenvalue weighted by molar-refractivity contribution is 7.89. The van der Waals surface area contributed by atoms with Crippen molar-refractivity contribution >= 4 is 15.9 Å². The van der Waals surface area contributed by atoms with Crippen LogP contribution in [-0.2, 0) is 16.6 Å². The molecule has 118 valence electrons. The zero-order chi connectivity index (χ0) is 15.6. The molecule has 1 fully saturated rings. The average molecular weight is 313 g/mol. The van der Waals surface area contributed by atoms with Crippen LogP contribution in [-0.4, -0.2) is 25.4 Å². The van der Waals surface area contributed by atoms with Crippen molar-refractivity contribution in [3.05, 3.63) is 18.0 Å². The predicted molar refractivity (Wildman–Crippen MR) is 80.3 cm³/mol. The zero-order valence-corrected chi connectivity index (χ0v) is 13.3. The van der Waals surface area contributed by atoms with Gasteiger partial charge in [0.25, 0.3) is 5.91 Å².